The van der Waals surface area contributed by atoms with Gasteiger partial charge in [-0.1, -0.05) is 36.4 Å². The van der Waals surface area contributed by atoms with Crippen molar-refractivity contribution in [1.82, 2.24) is 9.88 Å². The van der Waals surface area contributed by atoms with E-state index in [1.165, 1.54) is 11.3 Å². The van der Waals surface area contributed by atoms with Gasteiger partial charge in [0.25, 0.3) is 0 Å². The highest BCUT2D eigenvalue weighted by atomic mass is 32.1. The average Bonchev–Trinajstić information content (AvgIpc) is 3.59. The second kappa shape index (κ2) is 13.1. The van der Waals surface area contributed by atoms with E-state index in [0.29, 0.717) is 39.2 Å². The molecule has 0 N–H and O–H groups in total. The lowest BCUT2D eigenvalue weighted by atomic mass is 10.1. The average molecular weight is 589 g/mol. The number of methoxy groups -OCH3 is 2. The van der Waals surface area contributed by atoms with Gasteiger partial charge < -0.3 is 23.4 Å². The van der Waals surface area contributed by atoms with Crippen LogP contribution in [0.5, 0.6) is 11.5 Å². The molecule has 218 valence electrons. The van der Waals surface area contributed by atoms with Crippen LogP contribution in [0, 0.1) is 0 Å². The number of furan rings is 1. The molecule has 9 nitrogen and oxygen atoms in total. The number of carbonyl (C=O) groups excluding carboxylic acids is 2. The SMILES string of the molecule is CCOC(=O)CN(Cc1ccc(OC)cc1OC)Cc1nc(-c2cccc3c2oc2ccccc23)sc1C(=O)OCC. The molecule has 42 heavy (non-hydrogen) atoms. The highest BCUT2D eigenvalue weighted by molar-refractivity contribution is 7.17. The maximum Gasteiger partial charge on any atom is 0.350 e. The van der Waals surface area contributed by atoms with Gasteiger partial charge in [0.1, 0.15) is 32.5 Å². The maximum atomic E-state index is 13.1. The van der Waals surface area contributed by atoms with E-state index in [4.69, 9.17) is 28.3 Å². The Hall–Kier alpha value is -4.41. The third-order valence-corrected chi connectivity index (χ3v) is 7.82. The lowest BCUT2D eigenvalue weighted by Crippen LogP contribution is -2.31. The van der Waals surface area contributed by atoms with Crippen molar-refractivity contribution in [2.45, 2.75) is 26.9 Å². The fraction of sp³-hybridized carbons (Fsp3) is 0.281. The third-order valence-electron chi connectivity index (χ3n) is 6.71. The van der Waals surface area contributed by atoms with Crippen LogP contribution in [0.3, 0.4) is 0 Å². The van der Waals surface area contributed by atoms with E-state index in [0.717, 1.165) is 27.5 Å². The van der Waals surface area contributed by atoms with E-state index in [2.05, 4.69) is 0 Å². The van der Waals surface area contributed by atoms with E-state index in [1.54, 1.807) is 34.1 Å². The number of carbonyl (C=O) groups is 2. The molecule has 0 radical (unpaired) electrons. The Morgan fingerprint density at radius 1 is 0.905 bits per heavy atom. The summed E-state index contributed by atoms with van der Waals surface area (Å²) in [5.74, 6) is 0.418. The lowest BCUT2D eigenvalue weighted by molar-refractivity contribution is -0.144. The second-order valence-electron chi connectivity index (χ2n) is 9.42. The van der Waals surface area contributed by atoms with Crippen LogP contribution in [0.4, 0.5) is 0 Å². The molecule has 0 amide bonds. The number of ether oxygens (including phenoxy) is 4. The number of hydrogen-bond acceptors (Lipinski definition) is 10. The summed E-state index contributed by atoms with van der Waals surface area (Å²) >= 11 is 1.25. The molecule has 0 fully saturated rings. The van der Waals surface area contributed by atoms with E-state index < -0.39 is 5.97 Å². The van der Waals surface area contributed by atoms with Crippen molar-refractivity contribution in [3.8, 4) is 22.1 Å². The molecular weight excluding hydrogens is 556 g/mol. The number of thiazole rings is 1. The molecular formula is C32H32N2O7S. The monoisotopic (exact) mass is 588 g/mol. The zero-order chi connectivity index (χ0) is 29.6. The zero-order valence-electron chi connectivity index (χ0n) is 24.0. The smallest absolute Gasteiger partial charge is 0.350 e. The van der Waals surface area contributed by atoms with E-state index in [9.17, 15) is 9.59 Å². The van der Waals surface area contributed by atoms with Crippen molar-refractivity contribution in [2.75, 3.05) is 34.0 Å². The molecule has 0 saturated carbocycles. The van der Waals surface area contributed by atoms with Gasteiger partial charge in [0.15, 0.2) is 0 Å². The fourth-order valence-electron chi connectivity index (χ4n) is 4.84. The van der Waals surface area contributed by atoms with Gasteiger partial charge in [0.05, 0.1) is 45.2 Å². The predicted molar refractivity (Wildman–Crippen MR) is 161 cm³/mol. The summed E-state index contributed by atoms with van der Waals surface area (Å²) in [6.07, 6.45) is 0. The van der Waals surface area contributed by atoms with Crippen LogP contribution >= 0.6 is 11.3 Å². The van der Waals surface area contributed by atoms with E-state index in [1.807, 2.05) is 59.5 Å². The number of benzene rings is 3. The van der Waals surface area contributed by atoms with Crippen LogP contribution in [0.25, 0.3) is 32.5 Å². The number of hydrogen-bond donors (Lipinski definition) is 0. The maximum absolute atomic E-state index is 13.1. The number of rotatable bonds is 12. The van der Waals surface area contributed by atoms with E-state index >= 15 is 0 Å². The van der Waals surface area contributed by atoms with Gasteiger partial charge in [-0.3, -0.25) is 9.69 Å². The number of aromatic nitrogens is 1. The largest absolute Gasteiger partial charge is 0.497 e. The molecule has 5 rings (SSSR count). The molecule has 2 heterocycles. The van der Waals surface area contributed by atoms with Crippen molar-refractivity contribution < 1.29 is 33.0 Å². The quantitative estimate of drug-likeness (QED) is 0.152. The first-order valence-electron chi connectivity index (χ1n) is 13.6. The molecule has 2 aromatic heterocycles. The van der Waals surface area contributed by atoms with Crippen LogP contribution in [0.2, 0.25) is 0 Å². The van der Waals surface area contributed by atoms with Crippen molar-refractivity contribution in [3.05, 3.63) is 76.8 Å². The molecule has 0 aliphatic heterocycles. The Morgan fingerprint density at radius 3 is 2.45 bits per heavy atom. The molecule has 0 atom stereocenters. The Labute approximate surface area is 247 Å². The summed E-state index contributed by atoms with van der Waals surface area (Å²) in [7, 11) is 3.17. The Morgan fingerprint density at radius 2 is 1.69 bits per heavy atom. The molecule has 0 saturated heterocycles. The predicted octanol–water partition coefficient (Wildman–Crippen LogP) is 6.47. The fourth-order valence-corrected chi connectivity index (χ4v) is 5.83. The number of para-hydroxylation sites is 2. The normalized spacial score (nSPS) is 11.3. The topological polar surface area (TPSA) is 100 Å². The molecule has 5 aromatic rings. The van der Waals surface area contributed by atoms with Crippen LogP contribution in [0.1, 0.15) is 34.8 Å². The van der Waals surface area contributed by atoms with Gasteiger partial charge in [-0.15, -0.1) is 11.3 Å². The summed E-state index contributed by atoms with van der Waals surface area (Å²) in [5, 5.41) is 2.59. The number of nitrogens with zero attached hydrogens (tertiary/aromatic N) is 2. The first-order chi connectivity index (χ1) is 20.4. The van der Waals surface area contributed by atoms with E-state index in [-0.39, 0.29) is 32.3 Å². The standard InChI is InChI=1S/C32H32N2O7S/c1-5-39-28(35)19-34(17-20-14-15-21(37-3)16-27(20)38-4)18-25-30(32(36)40-6-2)42-31(33-25)24-12-9-11-23-22-10-7-8-13-26(22)41-29(23)24/h7-16H,5-6,17-19H2,1-4H3. The van der Waals surface area contributed by atoms with Crippen molar-refractivity contribution in [3.63, 3.8) is 0 Å². The zero-order valence-corrected chi connectivity index (χ0v) is 24.8. The molecule has 0 spiro atoms. The van der Waals surface area contributed by atoms with Gasteiger partial charge in [-0.05, 0) is 32.0 Å². The van der Waals surface area contributed by atoms with Crippen LogP contribution in [0.15, 0.2) is 65.1 Å². The van der Waals surface area contributed by atoms with Gasteiger partial charge in [-0.25, -0.2) is 9.78 Å². The minimum atomic E-state index is -0.467. The van der Waals surface area contributed by atoms with Crippen molar-refractivity contribution in [1.29, 1.82) is 0 Å². The molecule has 0 bridgehead atoms. The molecule has 3 aromatic carbocycles. The van der Waals surface area contributed by atoms with Crippen LogP contribution in [-0.4, -0.2) is 55.8 Å². The van der Waals surface area contributed by atoms with Crippen LogP contribution in [-0.2, 0) is 27.4 Å². The molecule has 0 aliphatic rings. The first-order valence-corrected chi connectivity index (χ1v) is 14.4. The van der Waals surface area contributed by atoms with Crippen molar-refractivity contribution in [2.24, 2.45) is 0 Å². The van der Waals surface area contributed by atoms with Gasteiger partial charge in [0.2, 0.25) is 0 Å². The molecule has 10 heteroatoms. The highest BCUT2D eigenvalue weighted by Crippen LogP contribution is 2.38. The first kappa shape index (κ1) is 29.1. The Kier molecular flexibility index (Phi) is 9.04. The molecule has 0 unspecified atom stereocenters. The third kappa shape index (κ3) is 6.09. The number of esters is 2. The Bertz CT molecular complexity index is 1730. The Balaban J connectivity index is 1.55. The summed E-state index contributed by atoms with van der Waals surface area (Å²) in [6, 6.07) is 19.2. The van der Waals surface area contributed by atoms with Gasteiger partial charge in [0, 0.05) is 35.5 Å². The highest BCUT2D eigenvalue weighted by Gasteiger charge is 2.25. The van der Waals surface area contributed by atoms with Gasteiger partial charge in [-0.2, -0.15) is 0 Å². The lowest BCUT2D eigenvalue weighted by Gasteiger charge is -2.22. The summed E-state index contributed by atoms with van der Waals surface area (Å²) in [4.78, 5) is 32.9. The van der Waals surface area contributed by atoms with Crippen molar-refractivity contribution >= 4 is 45.2 Å². The van der Waals surface area contributed by atoms with Crippen LogP contribution < -0.4 is 9.47 Å². The van der Waals surface area contributed by atoms with Gasteiger partial charge >= 0.3 is 11.9 Å². The minimum Gasteiger partial charge on any atom is -0.497 e. The molecule has 0 aliphatic carbocycles. The minimum absolute atomic E-state index is 0.0166. The summed E-state index contributed by atoms with van der Waals surface area (Å²) < 4.78 is 27.8. The summed E-state index contributed by atoms with van der Waals surface area (Å²) in [6.45, 7) is 4.51. The number of fused-ring (bicyclic) bond motifs is 3. The summed E-state index contributed by atoms with van der Waals surface area (Å²) in [5.41, 5.74) is 3.58. The second-order valence-corrected chi connectivity index (χ2v) is 10.4.